The molecule has 1 aliphatic heterocycles. The van der Waals surface area contributed by atoms with Gasteiger partial charge in [0.25, 0.3) is 0 Å². The maximum Gasteiger partial charge on any atom is 0.413 e. The largest absolute Gasteiger partial charge is 0.441 e. The van der Waals surface area contributed by atoms with Gasteiger partial charge in [0, 0.05) is 0 Å². The Morgan fingerprint density at radius 1 is 1.09 bits per heavy atom. The summed E-state index contributed by atoms with van der Waals surface area (Å²) in [6.45, 7) is 19.7. The van der Waals surface area contributed by atoms with Gasteiger partial charge < -0.3 is 13.9 Å². The lowest BCUT2D eigenvalue weighted by Crippen LogP contribution is -2.53. The number of carbonyl (C=O) groups is 1. The molecule has 5 nitrogen and oxygen atoms in total. The number of ether oxygens (including phenoxy) is 2. The quantitative estimate of drug-likeness (QED) is 0.476. The van der Waals surface area contributed by atoms with Gasteiger partial charge in [-0.2, -0.15) is 0 Å². The lowest BCUT2D eigenvalue weighted by Gasteiger charge is -2.39. The minimum atomic E-state index is -1.98. The Bertz CT molecular complexity index is 838. The van der Waals surface area contributed by atoms with E-state index in [2.05, 4.69) is 52.1 Å². The molecule has 6 heteroatoms. The molecule has 0 spiro atoms. The van der Waals surface area contributed by atoms with Crippen LogP contribution in [0.4, 0.5) is 4.79 Å². The van der Waals surface area contributed by atoms with E-state index < -0.39 is 19.6 Å². The molecule has 1 heterocycles. The average Bonchev–Trinajstić information content (AvgIpc) is 3.11. The second-order valence-electron chi connectivity index (χ2n) is 11.8. The fourth-order valence-electron chi connectivity index (χ4n) is 4.41. The second kappa shape index (κ2) is 8.62. The van der Waals surface area contributed by atoms with Gasteiger partial charge in [-0.3, -0.25) is 4.90 Å². The molecular formula is C26H41NO4Si. The van der Waals surface area contributed by atoms with Crippen LogP contribution in [0.25, 0.3) is 6.08 Å². The molecule has 0 radical (unpaired) electrons. The van der Waals surface area contributed by atoms with Crippen LogP contribution in [0.5, 0.6) is 0 Å². The zero-order chi connectivity index (χ0) is 23.9. The number of amides is 1. The number of nitrogens with zero attached hydrogens (tertiary/aromatic N) is 1. The Morgan fingerprint density at radius 2 is 1.69 bits per heavy atom. The second-order valence-corrected chi connectivity index (χ2v) is 16.5. The van der Waals surface area contributed by atoms with E-state index in [-0.39, 0.29) is 23.3 Å². The first-order valence-corrected chi connectivity index (χ1v) is 14.6. The van der Waals surface area contributed by atoms with Crippen LogP contribution in [0.2, 0.25) is 18.1 Å². The van der Waals surface area contributed by atoms with Crippen molar-refractivity contribution in [2.24, 2.45) is 0 Å². The summed E-state index contributed by atoms with van der Waals surface area (Å²) in [5.74, 6) is 0. The first kappa shape index (κ1) is 25.0. The highest BCUT2D eigenvalue weighted by Crippen LogP contribution is 2.42. The van der Waals surface area contributed by atoms with Crippen LogP contribution in [0.3, 0.4) is 0 Å². The molecule has 3 rings (SSSR count). The van der Waals surface area contributed by atoms with Crippen LogP contribution >= 0.6 is 0 Å². The maximum atomic E-state index is 13.3. The molecule has 2 fully saturated rings. The third-order valence-electron chi connectivity index (χ3n) is 7.16. The summed E-state index contributed by atoms with van der Waals surface area (Å²) in [7, 11) is -1.98. The van der Waals surface area contributed by atoms with Crippen LogP contribution in [-0.2, 0) is 13.9 Å². The van der Waals surface area contributed by atoms with Crippen molar-refractivity contribution < 1.29 is 18.7 Å². The lowest BCUT2D eigenvalue weighted by molar-refractivity contribution is -0.0557. The van der Waals surface area contributed by atoms with E-state index in [0.717, 1.165) is 24.0 Å². The summed E-state index contributed by atoms with van der Waals surface area (Å²) in [6, 6.07) is 10.2. The minimum absolute atomic E-state index is 0.0373. The first-order chi connectivity index (χ1) is 14.6. The molecule has 2 atom stereocenters. The van der Waals surface area contributed by atoms with Crippen LogP contribution in [0.15, 0.2) is 35.9 Å². The van der Waals surface area contributed by atoms with Crippen molar-refractivity contribution in [2.45, 2.75) is 103 Å². The smallest absolute Gasteiger partial charge is 0.413 e. The fourth-order valence-corrected chi connectivity index (χ4v) is 5.73. The molecular weight excluding hydrogens is 418 g/mol. The normalized spacial score (nSPS) is 26.5. The van der Waals surface area contributed by atoms with Gasteiger partial charge in [0.2, 0.25) is 0 Å². The highest BCUT2D eigenvalue weighted by atomic mass is 28.4. The van der Waals surface area contributed by atoms with Crippen molar-refractivity contribution in [2.75, 3.05) is 6.61 Å². The molecule has 0 unspecified atom stereocenters. The van der Waals surface area contributed by atoms with Crippen LogP contribution < -0.4 is 0 Å². The SMILES string of the molecule is CC1(C)COC(C)(C)N1C(=O)O[C@@H]1CC[C@H](O[Si](C)(C)C(C)(C)C)/C1=C\c1ccccc1. The summed E-state index contributed by atoms with van der Waals surface area (Å²) >= 11 is 0. The third kappa shape index (κ3) is 5.13. The monoisotopic (exact) mass is 459 g/mol. The standard InChI is InChI=1S/C26H41NO4Si/c1-24(2,3)32(8,9)31-22-16-15-21(20(22)17-19-13-11-10-12-14-19)30-23(28)27-25(4,5)18-29-26(27,6)7/h10-14,17,21-22H,15-16,18H2,1-9H3/b20-17-/t21-,22+/m1/s1. The van der Waals surface area contributed by atoms with Crippen molar-refractivity contribution in [3.8, 4) is 0 Å². The zero-order valence-electron chi connectivity index (χ0n) is 21.3. The van der Waals surface area contributed by atoms with Crippen LogP contribution in [0, 0.1) is 0 Å². The molecule has 32 heavy (non-hydrogen) atoms. The van der Waals surface area contributed by atoms with Gasteiger partial charge in [0.05, 0.1) is 18.2 Å². The Balaban J connectivity index is 1.88. The van der Waals surface area contributed by atoms with Crippen molar-refractivity contribution >= 4 is 20.5 Å². The van der Waals surface area contributed by atoms with E-state index in [1.165, 1.54) is 0 Å². The van der Waals surface area contributed by atoms with Crippen molar-refractivity contribution in [1.82, 2.24) is 4.90 Å². The van der Waals surface area contributed by atoms with Gasteiger partial charge >= 0.3 is 6.09 Å². The lowest BCUT2D eigenvalue weighted by atomic mass is 10.0. The number of benzene rings is 1. The number of rotatable bonds is 4. The summed E-state index contributed by atoms with van der Waals surface area (Å²) in [6.07, 6.45) is 3.11. The average molecular weight is 460 g/mol. The summed E-state index contributed by atoms with van der Waals surface area (Å²) < 4.78 is 18.9. The number of hydrogen-bond donors (Lipinski definition) is 0. The molecule has 1 amide bonds. The highest BCUT2D eigenvalue weighted by Gasteiger charge is 2.51. The van der Waals surface area contributed by atoms with E-state index in [1.54, 1.807) is 4.90 Å². The summed E-state index contributed by atoms with van der Waals surface area (Å²) in [5.41, 5.74) is 1.04. The zero-order valence-corrected chi connectivity index (χ0v) is 22.3. The predicted octanol–water partition coefficient (Wildman–Crippen LogP) is 6.61. The van der Waals surface area contributed by atoms with Crippen LogP contribution in [-0.4, -0.2) is 49.4 Å². The molecule has 1 saturated carbocycles. The van der Waals surface area contributed by atoms with Gasteiger partial charge in [0.1, 0.15) is 11.8 Å². The molecule has 1 aromatic carbocycles. The Labute approximate surface area is 195 Å². The summed E-state index contributed by atoms with van der Waals surface area (Å²) in [4.78, 5) is 15.1. The Hall–Kier alpha value is -1.63. The molecule has 1 aromatic rings. The van der Waals surface area contributed by atoms with E-state index in [0.29, 0.717) is 6.61 Å². The molecule has 2 aliphatic rings. The molecule has 0 N–H and O–H groups in total. The minimum Gasteiger partial charge on any atom is -0.441 e. The molecule has 1 saturated heterocycles. The van der Waals surface area contributed by atoms with E-state index in [9.17, 15) is 4.79 Å². The number of carbonyl (C=O) groups excluding carboxylic acids is 1. The molecule has 0 bridgehead atoms. The number of hydrogen-bond acceptors (Lipinski definition) is 4. The van der Waals surface area contributed by atoms with Crippen molar-refractivity contribution in [3.63, 3.8) is 0 Å². The van der Waals surface area contributed by atoms with Crippen LogP contribution in [0.1, 0.15) is 66.9 Å². The first-order valence-electron chi connectivity index (χ1n) is 11.7. The molecule has 178 valence electrons. The molecule has 0 aromatic heterocycles. The predicted molar refractivity (Wildman–Crippen MR) is 132 cm³/mol. The van der Waals surface area contributed by atoms with Gasteiger partial charge in [-0.05, 0) is 75.9 Å². The molecule has 1 aliphatic carbocycles. The van der Waals surface area contributed by atoms with Gasteiger partial charge in [-0.25, -0.2) is 4.79 Å². The van der Waals surface area contributed by atoms with E-state index in [1.807, 2.05) is 45.9 Å². The maximum absolute atomic E-state index is 13.3. The van der Waals surface area contributed by atoms with E-state index >= 15 is 0 Å². The van der Waals surface area contributed by atoms with Crippen molar-refractivity contribution in [3.05, 3.63) is 41.5 Å². The summed E-state index contributed by atoms with van der Waals surface area (Å²) in [5, 5.41) is 0.112. The Kier molecular flexibility index (Phi) is 6.73. The van der Waals surface area contributed by atoms with E-state index in [4.69, 9.17) is 13.9 Å². The Morgan fingerprint density at radius 3 is 2.22 bits per heavy atom. The van der Waals surface area contributed by atoms with Crippen molar-refractivity contribution in [1.29, 1.82) is 0 Å². The van der Waals surface area contributed by atoms with Gasteiger partial charge in [-0.1, -0.05) is 51.1 Å². The van der Waals surface area contributed by atoms with Gasteiger partial charge in [-0.15, -0.1) is 0 Å². The fraction of sp³-hybridized carbons (Fsp3) is 0.654. The highest BCUT2D eigenvalue weighted by molar-refractivity contribution is 6.74. The topological polar surface area (TPSA) is 48.0 Å². The third-order valence-corrected chi connectivity index (χ3v) is 11.6. The van der Waals surface area contributed by atoms with Gasteiger partial charge in [0.15, 0.2) is 8.32 Å².